The number of nitrogens with one attached hydrogen (secondary N) is 1. The van der Waals surface area contributed by atoms with Gasteiger partial charge in [-0.25, -0.2) is 0 Å². The number of hydrogen-bond acceptors (Lipinski definition) is 3. The van der Waals surface area contributed by atoms with E-state index in [0.717, 1.165) is 15.6 Å². The van der Waals surface area contributed by atoms with Crippen LogP contribution in [0.1, 0.15) is 21.5 Å². The summed E-state index contributed by atoms with van der Waals surface area (Å²) < 4.78 is 6.57. The van der Waals surface area contributed by atoms with Crippen LogP contribution in [-0.2, 0) is 0 Å². The Labute approximate surface area is 147 Å². The van der Waals surface area contributed by atoms with Crippen molar-refractivity contribution in [2.75, 3.05) is 5.32 Å². The predicted octanol–water partition coefficient (Wildman–Crippen LogP) is 5.14. The van der Waals surface area contributed by atoms with Crippen molar-refractivity contribution in [3.05, 3.63) is 75.8 Å². The number of anilines is 1. The lowest BCUT2D eigenvalue weighted by Crippen LogP contribution is -2.11. The highest BCUT2D eigenvalue weighted by atomic mass is 79.9. The summed E-state index contributed by atoms with van der Waals surface area (Å²) in [6.45, 7) is 2.00. The molecule has 118 valence electrons. The minimum absolute atomic E-state index is 0.154. The fraction of sp³-hybridized carbons (Fsp3) is 0.0526. The van der Waals surface area contributed by atoms with Crippen LogP contribution < -0.4 is 5.32 Å². The van der Waals surface area contributed by atoms with Crippen molar-refractivity contribution in [3.63, 3.8) is 0 Å². The third-order valence-corrected chi connectivity index (χ3v) is 4.05. The zero-order valence-electron chi connectivity index (χ0n) is 12.8. The first kappa shape index (κ1) is 16.0. The predicted molar refractivity (Wildman–Crippen MR) is 95.7 cm³/mol. The molecule has 5 heteroatoms. The van der Waals surface area contributed by atoms with E-state index in [9.17, 15) is 10.1 Å². The van der Waals surface area contributed by atoms with Gasteiger partial charge < -0.3 is 4.42 Å². The van der Waals surface area contributed by atoms with Crippen molar-refractivity contribution in [1.82, 2.24) is 0 Å². The molecule has 1 N–H and O–H groups in total. The molecule has 1 aromatic heterocycles. The van der Waals surface area contributed by atoms with Gasteiger partial charge in [0, 0.05) is 21.7 Å². The Morgan fingerprint density at radius 2 is 1.79 bits per heavy atom. The van der Waals surface area contributed by atoms with Gasteiger partial charge in [-0.15, -0.1) is 0 Å². The van der Waals surface area contributed by atoms with Crippen molar-refractivity contribution in [2.24, 2.45) is 0 Å². The van der Waals surface area contributed by atoms with Crippen molar-refractivity contribution >= 4 is 27.7 Å². The number of carbonyl (C=O) groups excluding carboxylic acids is 1. The third kappa shape index (κ3) is 3.39. The summed E-state index contributed by atoms with van der Waals surface area (Å²) in [6.07, 6.45) is 0. The summed E-state index contributed by atoms with van der Waals surface area (Å²) in [4.78, 5) is 12.3. The number of furan rings is 1. The van der Waals surface area contributed by atoms with Crippen molar-refractivity contribution < 1.29 is 9.21 Å². The van der Waals surface area contributed by atoms with Crippen LogP contribution in [0.3, 0.4) is 0 Å². The summed E-state index contributed by atoms with van der Waals surface area (Å²) in [5.41, 5.74) is 2.75. The van der Waals surface area contributed by atoms with Crippen LogP contribution in [-0.4, -0.2) is 5.91 Å². The number of benzene rings is 2. The first-order valence-electron chi connectivity index (χ1n) is 7.25. The monoisotopic (exact) mass is 380 g/mol. The standard InChI is InChI=1S/C19H13BrN2O2/c1-12-2-4-13(5-3-12)17-10-15(11-21)19(24-17)22-18(23)14-6-8-16(20)9-7-14/h2-10H,1H3,(H,22,23). The molecular formula is C19H13BrN2O2. The molecule has 0 bridgehead atoms. The maximum absolute atomic E-state index is 12.3. The lowest BCUT2D eigenvalue weighted by molar-refractivity contribution is 0.102. The summed E-state index contributed by atoms with van der Waals surface area (Å²) >= 11 is 3.33. The normalized spacial score (nSPS) is 10.2. The van der Waals surface area contributed by atoms with Crippen LogP contribution in [0.4, 0.5) is 5.88 Å². The van der Waals surface area contributed by atoms with E-state index >= 15 is 0 Å². The van der Waals surface area contributed by atoms with E-state index in [1.54, 1.807) is 30.3 Å². The Morgan fingerprint density at radius 3 is 2.42 bits per heavy atom. The SMILES string of the molecule is Cc1ccc(-c2cc(C#N)c(NC(=O)c3ccc(Br)cc3)o2)cc1. The van der Waals surface area contributed by atoms with Crippen LogP contribution in [0.15, 0.2) is 63.5 Å². The molecule has 0 aliphatic rings. The first-order valence-corrected chi connectivity index (χ1v) is 8.04. The van der Waals surface area contributed by atoms with Gasteiger partial charge in [0.15, 0.2) is 0 Å². The molecule has 0 saturated heterocycles. The van der Waals surface area contributed by atoms with Crippen molar-refractivity contribution in [1.29, 1.82) is 5.26 Å². The average Bonchev–Trinajstić information content (AvgIpc) is 2.99. The van der Waals surface area contributed by atoms with Gasteiger partial charge in [-0.05, 0) is 31.2 Å². The molecule has 0 aliphatic carbocycles. The zero-order valence-corrected chi connectivity index (χ0v) is 14.4. The Bertz CT molecular complexity index is 919. The molecular weight excluding hydrogens is 368 g/mol. The molecule has 0 atom stereocenters. The fourth-order valence-corrected chi connectivity index (χ4v) is 2.47. The molecule has 1 heterocycles. The first-order chi connectivity index (χ1) is 11.6. The minimum Gasteiger partial charge on any atom is -0.439 e. The zero-order chi connectivity index (χ0) is 17.1. The van der Waals surface area contributed by atoms with Gasteiger partial charge in [0.25, 0.3) is 5.91 Å². The topological polar surface area (TPSA) is 66.0 Å². The molecule has 4 nitrogen and oxygen atoms in total. The van der Waals surface area contributed by atoms with Crippen LogP contribution in [0.5, 0.6) is 0 Å². The summed E-state index contributed by atoms with van der Waals surface area (Å²) in [7, 11) is 0. The maximum atomic E-state index is 12.3. The summed E-state index contributed by atoms with van der Waals surface area (Å²) in [5.74, 6) is 0.363. The van der Waals surface area contributed by atoms with E-state index in [-0.39, 0.29) is 17.4 Å². The second-order valence-corrected chi connectivity index (χ2v) is 6.21. The van der Waals surface area contributed by atoms with E-state index in [1.165, 1.54) is 0 Å². The van der Waals surface area contributed by atoms with Gasteiger partial charge in [-0.3, -0.25) is 10.1 Å². The lowest BCUT2D eigenvalue weighted by atomic mass is 10.1. The van der Waals surface area contributed by atoms with Crippen LogP contribution in [0.2, 0.25) is 0 Å². The number of carbonyl (C=O) groups is 1. The van der Waals surface area contributed by atoms with E-state index in [1.807, 2.05) is 37.3 Å². The molecule has 24 heavy (non-hydrogen) atoms. The highest BCUT2D eigenvalue weighted by molar-refractivity contribution is 9.10. The van der Waals surface area contributed by atoms with Crippen molar-refractivity contribution in [3.8, 4) is 17.4 Å². The third-order valence-electron chi connectivity index (χ3n) is 3.52. The highest BCUT2D eigenvalue weighted by Gasteiger charge is 2.16. The van der Waals surface area contributed by atoms with Gasteiger partial charge in [0.05, 0.1) is 0 Å². The van der Waals surface area contributed by atoms with Crippen molar-refractivity contribution in [2.45, 2.75) is 6.92 Å². The van der Waals surface area contributed by atoms with E-state index in [0.29, 0.717) is 11.3 Å². The Balaban J connectivity index is 1.88. The number of rotatable bonds is 3. The Hall–Kier alpha value is -2.84. The molecule has 0 fully saturated rings. The summed E-state index contributed by atoms with van der Waals surface area (Å²) in [6, 6.07) is 18.4. The van der Waals surface area contributed by atoms with Gasteiger partial charge in [0.1, 0.15) is 17.4 Å². The second-order valence-electron chi connectivity index (χ2n) is 5.29. The number of nitriles is 1. The molecule has 2 aromatic carbocycles. The minimum atomic E-state index is -0.330. The van der Waals surface area contributed by atoms with Gasteiger partial charge in [-0.1, -0.05) is 45.8 Å². The number of nitrogens with zero attached hydrogens (tertiary/aromatic N) is 1. The molecule has 1 amide bonds. The summed E-state index contributed by atoms with van der Waals surface area (Å²) in [5, 5.41) is 11.9. The van der Waals surface area contributed by atoms with Gasteiger partial charge in [0.2, 0.25) is 5.88 Å². The Kier molecular flexibility index (Phi) is 4.50. The molecule has 0 saturated carbocycles. The average molecular weight is 381 g/mol. The molecule has 0 radical (unpaired) electrons. The number of aryl methyl sites for hydroxylation is 1. The fourth-order valence-electron chi connectivity index (χ4n) is 2.20. The molecule has 0 aliphatic heterocycles. The van der Waals surface area contributed by atoms with Crippen LogP contribution in [0.25, 0.3) is 11.3 Å². The van der Waals surface area contributed by atoms with Gasteiger partial charge >= 0.3 is 0 Å². The molecule has 3 rings (SSSR count). The van der Waals surface area contributed by atoms with E-state index in [4.69, 9.17) is 4.42 Å². The number of amides is 1. The molecule has 0 spiro atoms. The quantitative estimate of drug-likeness (QED) is 0.683. The van der Waals surface area contributed by atoms with E-state index in [2.05, 4.69) is 21.2 Å². The molecule has 3 aromatic rings. The number of halogens is 1. The molecule has 0 unspecified atom stereocenters. The largest absolute Gasteiger partial charge is 0.439 e. The van der Waals surface area contributed by atoms with Gasteiger partial charge in [-0.2, -0.15) is 5.26 Å². The Morgan fingerprint density at radius 1 is 1.12 bits per heavy atom. The highest BCUT2D eigenvalue weighted by Crippen LogP contribution is 2.29. The number of hydrogen-bond donors (Lipinski definition) is 1. The smallest absolute Gasteiger partial charge is 0.258 e. The van der Waals surface area contributed by atoms with E-state index < -0.39 is 0 Å². The van der Waals surface area contributed by atoms with Crippen LogP contribution >= 0.6 is 15.9 Å². The lowest BCUT2D eigenvalue weighted by Gasteiger charge is -2.03. The van der Waals surface area contributed by atoms with Crippen LogP contribution in [0, 0.1) is 18.3 Å². The second kappa shape index (κ2) is 6.73. The maximum Gasteiger partial charge on any atom is 0.258 e.